The fourth-order valence-corrected chi connectivity index (χ4v) is 8.74. The van der Waals surface area contributed by atoms with Crippen molar-refractivity contribution in [2.24, 2.45) is 0 Å². The van der Waals surface area contributed by atoms with Crippen molar-refractivity contribution in [1.82, 2.24) is 60.3 Å². The van der Waals surface area contributed by atoms with Gasteiger partial charge in [-0.3, -0.25) is 9.59 Å². The van der Waals surface area contributed by atoms with E-state index < -0.39 is 0 Å². The molecule has 0 aliphatic heterocycles. The molecule has 0 saturated carbocycles. The molecule has 4 aromatic heterocycles. The van der Waals surface area contributed by atoms with Crippen LogP contribution in [0.2, 0.25) is 0 Å². The minimum absolute atomic E-state index is 0.0964. The van der Waals surface area contributed by atoms with Crippen LogP contribution in [0.1, 0.15) is 33.6 Å². The molecule has 0 aliphatic rings. The molecule has 0 fully saturated rings. The van der Waals surface area contributed by atoms with Gasteiger partial charge >= 0.3 is 0 Å². The second-order valence-corrected chi connectivity index (χ2v) is 19.1. The minimum atomic E-state index is -0.0964. The number of aromatic amines is 4. The summed E-state index contributed by atoms with van der Waals surface area (Å²) in [6.45, 7) is 5.60. The fraction of sp³-hybridized carbons (Fsp3) is 0.276. The topological polar surface area (TPSA) is 216 Å². The summed E-state index contributed by atoms with van der Waals surface area (Å²) in [5.41, 5.74) is 11.5. The van der Waals surface area contributed by atoms with Crippen molar-refractivity contribution in [3.8, 4) is 57.1 Å². The van der Waals surface area contributed by atoms with E-state index in [2.05, 4.69) is 40.4 Å². The standard InChI is InChI=1S/C58H62N12O6/c1-69(2)25-5-23-59-57(71)41-13-21-47-51(35-41)67-55(63-47)39-11-19-45-49(33-39)65-53(61-45)37-7-15-43(16-8-37)75-31-29-73-27-28-74-30-32-76-44-17-9-38(10-18-44)54-62-46-20-12-40(34-50(46)66-54)56-64-48-22-14-42(36-52(48)68-56)58(72)60-24-6-26-70(3)4/h7-22,33-36H,5-6,23-32H2,1-4H3,(H,59,71)(H,60,72)(H,61,65)(H,62,66)(H,63,67)(H,64,68). The quantitative estimate of drug-likeness (QED) is 0.0297. The summed E-state index contributed by atoms with van der Waals surface area (Å²) < 4.78 is 23.3. The molecule has 0 radical (unpaired) electrons. The van der Waals surface area contributed by atoms with E-state index in [-0.39, 0.29) is 11.8 Å². The van der Waals surface area contributed by atoms with Crippen molar-refractivity contribution in [2.45, 2.75) is 12.8 Å². The van der Waals surface area contributed by atoms with Crippen molar-refractivity contribution in [1.29, 1.82) is 0 Å². The van der Waals surface area contributed by atoms with Crippen LogP contribution in [-0.4, -0.2) is 155 Å². The van der Waals surface area contributed by atoms with E-state index in [1.54, 1.807) is 0 Å². The van der Waals surface area contributed by atoms with Crippen molar-refractivity contribution in [3.05, 3.63) is 132 Å². The van der Waals surface area contributed by atoms with Crippen LogP contribution < -0.4 is 20.1 Å². The molecular formula is C58H62N12O6. The molecule has 2 amide bonds. The SMILES string of the molecule is CN(C)CCCNC(=O)c1ccc2nc(-c3ccc4nc(-c5ccc(OCCOCCOCCOc6ccc(-c7nc8ccc(-c9nc%10ccc(C(=O)NCCCN(C)C)cc%10[nH]9)cc8[nH]7)cc6)cc5)[nH]c4c3)[nH]c2c1. The average molecular weight is 1020 g/mol. The zero-order valence-electron chi connectivity index (χ0n) is 43.2. The largest absolute Gasteiger partial charge is 0.491 e. The molecule has 0 bridgehead atoms. The van der Waals surface area contributed by atoms with Gasteiger partial charge in [0.15, 0.2) is 0 Å². The average Bonchev–Trinajstić information content (AvgIpc) is 4.26. The molecule has 6 aromatic carbocycles. The van der Waals surface area contributed by atoms with E-state index in [0.29, 0.717) is 75.5 Å². The number of hydrogen-bond donors (Lipinski definition) is 6. The van der Waals surface area contributed by atoms with Gasteiger partial charge in [-0.05, 0) is 175 Å². The van der Waals surface area contributed by atoms with Crippen LogP contribution in [-0.2, 0) is 9.47 Å². The Hall–Kier alpha value is -8.42. The molecule has 6 N–H and O–H groups in total. The van der Waals surface area contributed by atoms with Crippen LogP contribution in [0.4, 0.5) is 0 Å². The molecule has 390 valence electrons. The van der Waals surface area contributed by atoms with Gasteiger partial charge in [-0.1, -0.05) is 0 Å². The van der Waals surface area contributed by atoms with Crippen molar-refractivity contribution < 1.29 is 28.5 Å². The maximum Gasteiger partial charge on any atom is 0.251 e. The number of rotatable bonds is 25. The highest BCUT2D eigenvalue weighted by molar-refractivity contribution is 5.99. The Balaban J connectivity index is 0.617. The van der Waals surface area contributed by atoms with Gasteiger partial charge in [0.25, 0.3) is 11.8 Å². The minimum Gasteiger partial charge on any atom is -0.491 e. The van der Waals surface area contributed by atoms with Gasteiger partial charge in [-0.25, -0.2) is 19.9 Å². The van der Waals surface area contributed by atoms with Crippen LogP contribution in [0.25, 0.3) is 89.7 Å². The number of nitrogens with one attached hydrogen (secondary N) is 6. The number of H-pyrrole nitrogens is 4. The zero-order chi connectivity index (χ0) is 52.4. The zero-order valence-corrected chi connectivity index (χ0v) is 43.2. The molecule has 10 aromatic rings. The van der Waals surface area contributed by atoms with Gasteiger partial charge in [0.1, 0.15) is 48.0 Å². The van der Waals surface area contributed by atoms with E-state index in [4.69, 9.17) is 38.9 Å². The lowest BCUT2D eigenvalue weighted by Gasteiger charge is -2.09. The summed E-state index contributed by atoms with van der Waals surface area (Å²) >= 11 is 0. The van der Waals surface area contributed by atoms with Gasteiger partial charge in [0, 0.05) is 46.5 Å². The van der Waals surface area contributed by atoms with E-state index in [1.807, 2.05) is 150 Å². The first-order valence-corrected chi connectivity index (χ1v) is 25.6. The molecule has 18 heteroatoms. The molecule has 76 heavy (non-hydrogen) atoms. The molecule has 4 heterocycles. The second kappa shape index (κ2) is 23.8. The molecule has 0 atom stereocenters. The number of fused-ring (bicyclic) bond motifs is 4. The summed E-state index contributed by atoms with van der Waals surface area (Å²) in [6.07, 6.45) is 1.77. The number of nitrogens with zero attached hydrogens (tertiary/aromatic N) is 6. The Labute approximate surface area is 439 Å². The van der Waals surface area contributed by atoms with Crippen molar-refractivity contribution in [2.75, 3.05) is 94.0 Å². The Kier molecular flexibility index (Phi) is 16.0. The smallest absolute Gasteiger partial charge is 0.251 e. The highest BCUT2D eigenvalue weighted by Gasteiger charge is 2.15. The van der Waals surface area contributed by atoms with Crippen molar-refractivity contribution in [3.63, 3.8) is 0 Å². The first kappa shape index (κ1) is 51.1. The summed E-state index contributed by atoms with van der Waals surface area (Å²) in [4.78, 5) is 62.6. The fourth-order valence-electron chi connectivity index (χ4n) is 8.74. The Morgan fingerprint density at radius 1 is 0.421 bits per heavy atom. The highest BCUT2D eigenvalue weighted by atomic mass is 16.6. The third kappa shape index (κ3) is 12.7. The van der Waals surface area contributed by atoms with Crippen LogP contribution >= 0.6 is 0 Å². The maximum atomic E-state index is 12.7. The number of carbonyl (C=O) groups excluding carboxylic acids is 2. The number of benzene rings is 6. The van der Waals surface area contributed by atoms with Gasteiger partial charge in [0.2, 0.25) is 0 Å². The number of aromatic nitrogens is 8. The van der Waals surface area contributed by atoms with Gasteiger partial charge < -0.3 is 59.3 Å². The Bertz CT molecular complexity index is 3340. The van der Waals surface area contributed by atoms with E-state index in [9.17, 15) is 9.59 Å². The normalized spacial score (nSPS) is 11.7. The molecule has 0 spiro atoms. The molecular weight excluding hydrogens is 961 g/mol. The second-order valence-electron chi connectivity index (χ2n) is 19.1. The number of amides is 2. The van der Waals surface area contributed by atoms with E-state index in [0.717, 1.165) is 115 Å². The lowest BCUT2D eigenvalue weighted by Crippen LogP contribution is -2.27. The summed E-state index contributed by atoms with van der Waals surface area (Å²) in [5, 5.41) is 6.00. The monoisotopic (exact) mass is 1020 g/mol. The van der Waals surface area contributed by atoms with Crippen LogP contribution in [0.5, 0.6) is 11.5 Å². The number of hydrogen-bond acceptors (Lipinski definition) is 12. The summed E-state index contributed by atoms with van der Waals surface area (Å²) in [5.74, 6) is 4.20. The highest BCUT2D eigenvalue weighted by Crippen LogP contribution is 2.30. The number of ether oxygens (including phenoxy) is 4. The molecule has 0 aliphatic carbocycles. The van der Waals surface area contributed by atoms with Gasteiger partial charge in [-0.15, -0.1) is 0 Å². The first-order valence-electron chi connectivity index (χ1n) is 25.6. The Morgan fingerprint density at radius 3 is 1.13 bits per heavy atom. The predicted molar refractivity (Wildman–Crippen MR) is 297 cm³/mol. The molecule has 0 unspecified atom stereocenters. The first-order chi connectivity index (χ1) is 37.1. The number of carbonyl (C=O) groups is 2. The molecule has 18 nitrogen and oxygen atoms in total. The third-order valence-corrected chi connectivity index (χ3v) is 12.8. The third-order valence-electron chi connectivity index (χ3n) is 12.8. The maximum absolute atomic E-state index is 12.7. The van der Waals surface area contributed by atoms with Gasteiger partial charge in [-0.2, -0.15) is 0 Å². The number of imidazole rings is 4. The van der Waals surface area contributed by atoms with E-state index in [1.165, 1.54) is 0 Å². The molecule has 10 rings (SSSR count). The lowest BCUT2D eigenvalue weighted by atomic mass is 10.2. The Morgan fingerprint density at radius 2 is 0.750 bits per heavy atom. The summed E-state index contributed by atoms with van der Waals surface area (Å²) in [7, 11) is 8.08. The predicted octanol–water partition coefficient (Wildman–Crippen LogP) is 8.71. The lowest BCUT2D eigenvalue weighted by molar-refractivity contribution is 0.0273. The van der Waals surface area contributed by atoms with E-state index >= 15 is 0 Å². The van der Waals surface area contributed by atoms with Crippen LogP contribution in [0.3, 0.4) is 0 Å². The van der Waals surface area contributed by atoms with Gasteiger partial charge in [0.05, 0.1) is 70.6 Å². The molecule has 0 saturated heterocycles. The van der Waals surface area contributed by atoms with Crippen molar-refractivity contribution >= 4 is 55.9 Å². The van der Waals surface area contributed by atoms with Crippen LogP contribution in [0, 0.1) is 0 Å². The van der Waals surface area contributed by atoms with Crippen LogP contribution in [0.15, 0.2) is 121 Å². The summed E-state index contributed by atoms with van der Waals surface area (Å²) in [6, 6.07) is 38.6.